The predicted molar refractivity (Wildman–Crippen MR) is 47.6 cm³/mol. The zero-order chi connectivity index (χ0) is 8.39. The summed E-state index contributed by atoms with van der Waals surface area (Å²) in [7, 11) is 0. The summed E-state index contributed by atoms with van der Waals surface area (Å²) >= 11 is 0. The third kappa shape index (κ3) is 1.17. The molecule has 1 aromatic rings. The van der Waals surface area contributed by atoms with Crippen molar-refractivity contribution in [3.8, 4) is 0 Å². The maximum atomic E-state index is 4.19. The van der Waals surface area contributed by atoms with Crippen LogP contribution in [-0.2, 0) is 6.42 Å². The van der Waals surface area contributed by atoms with Crippen LogP contribution in [0.1, 0.15) is 23.4 Å². The van der Waals surface area contributed by atoms with Crippen LogP contribution in [0.3, 0.4) is 0 Å². The van der Waals surface area contributed by atoms with Crippen LogP contribution in [0.15, 0.2) is 18.1 Å². The van der Waals surface area contributed by atoms with Gasteiger partial charge in [-0.25, -0.2) is 9.97 Å². The van der Waals surface area contributed by atoms with Crippen LogP contribution < -0.4 is 0 Å². The highest BCUT2D eigenvalue weighted by Gasteiger charge is 2.05. The molecule has 0 radical (unpaired) electrons. The molecule has 0 amide bonds. The number of hydrogen-bond donors (Lipinski definition) is 0. The van der Waals surface area contributed by atoms with E-state index in [0.717, 1.165) is 24.2 Å². The molecular weight excluding hydrogens is 148 g/mol. The lowest BCUT2D eigenvalue weighted by molar-refractivity contribution is 0.933. The molecule has 12 heavy (non-hydrogen) atoms. The minimum absolute atomic E-state index is 1.02. The van der Waals surface area contributed by atoms with Crippen LogP contribution in [0.2, 0.25) is 0 Å². The van der Waals surface area contributed by atoms with Gasteiger partial charge in [-0.1, -0.05) is 0 Å². The number of fused-ring (bicyclic) bond motifs is 1. The van der Waals surface area contributed by atoms with Gasteiger partial charge in [0.15, 0.2) is 0 Å². The maximum Gasteiger partial charge on any atom is 0.116 e. The number of hydrogen-bond acceptors (Lipinski definition) is 2. The van der Waals surface area contributed by atoms with Gasteiger partial charge >= 0.3 is 0 Å². The summed E-state index contributed by atoms with van der Waals surface area (Å²) in [4.78, 5) is 8.35. The van der Waals surface area contributed by atoms with Gasteiger partial charge in [-0.3, -0.25) is 0 Å². The molecule has 2 nitrogen and oxygen atoms in total. The van der Waals surface area contributed by atoms with Crippen molar-refractivity contribution >= 4 is 6.08 Å². The van der Waals surface area contributed by atoms with Gasteiger partial charge in [0.1, 0.15) is 6.33 Å². The van der Waals surface area contributed by atoms with Crippen LogP contribution in [0, 0.1) is 6.92 Å². The van der Waals surface area contributed by atoms with Gasteiger partial charge in [-0.05, 0) is 25.8 Å². The minimum Gasteiger partial charge on any atom is -0.241 e. The Kier molecular flexibility index (Phi) is 1.77. The summed E-state index contributed by atoms with van der Waals surface area (Å²) < 4.78 is 0. The molecule has 0 unspecified atom stereocenters. The topological polar surface area (TPSA) is 25.8 Å². The van der Waals surface area contributed by atoms with Gasteiger partial charge in [-0.2, -0.15) is 0 Å². The second-order valence-corrected chi connectivity index (χ2v) is 2.88. The SMILES string of the molecule is Cc1ncnc2c1CCC=C=C2. The lowest BCUT2D eigenvalue weighted by Crippen LogP contribution is -1.97. The first-order valence-corrected chi connectivity index (χ1v) is 4.09. The van der Waals surface area contributed by atoms with E-state index in [9.17, 15) is 0 Å². The number of allylic oxidation sites excluding steroid dienone is 1. The van der Waals surface area contributed by atoms with E-state index in [0.29, 0.717) is 0 Å². The lowest BCUT2D eigenvalue weighted by atomic mass is 10.1. The van der Waals surface area contributed by atoms with Gasteiger partial charge < -0.3 is 0 Å². The van der Waals surface area contributed by atoms with Crippen LogP contribution in [0.25, 0.3) is 6.08 Å². The second kappa shape index (κ2) is 2.92. The predicted octanol–water partition coefficient (Wildman–Crippen LogP) is 1.90. The fraction of sp³-hybridized carbons (Fsp3) is 0.300. The molecule has 0 fully saturated rings. The first-order chi connectivity index (χ1) is 5.88. The summed E-state index contributed by atoms with van der Waals surface area (Å²) in [6.07, 6.45) is 7.65. The second-order valence-electron chi connectivity index (χ2n) is 2.88. The summed E-state index contributed by atoms with van der Waals surface area (Å²) in [5, 5.41) is 0. The van der Waals surface area contributed by atoms with E-state index in [-0.39, 0.29) is 0 Å². The number of aryl methyl sites for hydroxylation is 1. The third-order valence-corrected chi connectivity index (χ3v) is 2.07. The maximum absolute atomic E-state index is 4.19. The molecule has 0 saturated carbocycles. The van der Waals surface area contributed by atoms with Crippen molar-refractivity contribution in [1.82, 2.24) is 9.97 Å². The normalized spacial score (nSPS) is 14.1. The summed E-state index contributed by atoms with van der Waals surface area (Å²) in [6.45, 7) is 2.03. The molecule has 1 aliphatic carbocycles. The molecule has 2 heteroatoms. The van der Waals surface area contributed by atoms with Crippen LogP contribution in [0.4, 0.5) is 0 Å². The monoisotopic (exact) mass is 158 g/mol. The molecule has 0 saturated heterocycles. The molecule has 0 bridgehead atoms. The van der Waals surface area contributed by atoms with Crippen molar-refractivity contribution in [2.75, 3.05) is 0 Å². The van der Waals surface area contributed by atoms with Crippen molar-refractivity contribution in [3.63, 3.8) is 0 Å². The largest absolute Gasteiger partial charge is 0.241 e. The zero-order valence-electron chi connectivity index (χ0n) is 7.04. The highest BCUT2D eigenvalue weighted by molar-refractivity contribution is 5.50. The molecular formula is C10H10N2. The Morgan fingerprint density at radius 1 is 1.42 bits per heavy atom. The molecule has 0 N–H and O–H groups in total. The number of nitrogens with zero attached hydrogens (tertiary/aromatic N) is 2. The standard InChI is InChI=1S/C10H10N2/c1-8-9-5-3-2-4-6-10(9)12-7-11-8/h2,6-7H,3,5H2,1H3. The fourth-order valence-corrected chi connectivity index (χ4v) is 1.39. The Hall–Kier alpha value is -1.40. The van der Waals surface area contributed by atoms with Crippen LogP contribution >= 0.6 is 0 Å². The van der Waals surface area contributed by atoms with Crippen LogP contribution in [-0.4, -0.2) is 9.97 Å². The number of rotatable bonds is 0. The Morgan fingerprint density at radius 3 is 3.25 bits per heavy atom. The van der Waals surface area contributed by atoms with E-state index in [1.807, 2.05) is 19.1 Å². The minimum atomic E-state index is 1.02. The Balaban J connectivity index is 2.61. The molecule has 60 valence electrons. The number of aromatic nitrogens is 2. The van der Waals surface area contributed by atoms with Crippen LogP contribution in [0.5, 0.6) is 0 Å². The molecule has 1 heterocycles. The molecule has 0 spiro atoms. The molecule has 0 aliphatic heterocycles. The zero-order valence-corrected chi connectivity index (χ0v) is 7.04. The van der Waals surface area contributed by atoms with Gasteiger partial charge in [0.05, 0.1) is 5.69 Å². The smallest absolute Gasteiger partial charge is 0.116 e. The van der Waals surface area contributed by atoms with Crippen molar-refractivity contribution in [2.24, 2.45) is 0 Å². The van der Waals surface area contributed by atoms with E-state index in [4.69, 9.17) is 0 Å². The van der Waals surface area contributed by atoms with Crippen molar-refractivity contribution < 1.29 is 0 Å². The quantitative estimate of drug-likeness (QED) is 0.539. The highest BCUT2D eigenvalue weighted by atomic mass is 14.8. The summed E-state index contributed by atoms with van der Waals surface area (Å²) in [5.74, 6) is 0. The lowest BCUT2D eigenvalue weighted by Gasteiger charge is -2.03. The Bertz CT molecular complexity index is 360. The van der Waals surface area contributed by atoms with E-state index in [1.54, 1.807) is 6.33 Å². The Morgan fingerprint density at radius 2 is 2.33 bits per heavy atom. The van der Waals surface area contributed by atoms with Gasteiger partial charge in [0.25, 0.3) is 0 Å². The summed E-state index contributed by atoms with van der Waals surface area (Å²) in [6, 6.07) is 0. The molecule has 2 rings (SSSR count). The van der Waals surface area contributed by atoms with E-state index >= 15 is 0 Å². The van der Waals surface area contributed by atoms with E-state index in [1.165, 1.54) is 5.56 Å². The first kappa shape index (κ1) is 7.26. The summed E-state index contributed by atoms with van der Waals surface area (Å²) in [5.41, 5.74) is 6.47. The molecule has 0 aromatic carbocycles. The highest BCUT2D eigenvalue weighted by Crippen LogP contribution is 2.15. The van der Waals surface area contributed by atoms with Gasteiger partial charge in [0.2, 0.25) is 0 Å². The van der Waals surface area contributed by atoms with Crippen molar-refractivity contribution in [1.29, 1.82) is 0 Å². The molecule has 1 aromatic heterocycles. The van der Waals surface area contributed by atoms with Gasteiger partial charge in [-0.15, -0.1) is 5.73 Å². The van der Waals surface area contributed by atoms with Crippen molar-refractivity contribution in [3.05, 3.63) is 35.1 Å². The Labute approximate surface area is 71.7 Å². The van der Waals surface area contributed by atoms with E-state index in [2.05, 4.69) is 15.7 Å². The average Bonchev–Trinajstić information content (AvgIpc) is 2.30. The third-order valence-electron chi connectivity index (χ3n) is 2.07. The first-order valence-electron chi connectivity index (χ1n) is 4.09. The fourth-order valence-electron chi connectivity index (χ4n) is 1.39. The average molecular weight is 158 g/mol. The molecule has 1 aliphatic rings. The van der Waals surface area contributed by atoms with Gasteiger partial charge in [0, 0.05) is 17.3 Å². The van der Waals surface area contributed by atoms with E-state index < -0.39 is 0 Å². The van der Waals surface area contributed by atoms with Crippen molar-refractivity contribution in [2.45, 2.75) is 19.8 Å². The molecule has 0 atom stereocenters.